The maximum atomic E-state index is 12.5. The van der Waals surface area contributed by atoms with E-state index in [1.165, 1.54) is 0 Å². The zero-order chi connectivity index (χ0) is 26.2. The van der Waals surface area contributed by atoms with E-state index in [1.807, 2.05) is 0 Å². The molecule has 0 aromatic rings. The number of aliphatic hydroxyl groups excluding tert-OH is 2. The third-order valence-corrected chi connectivity index (χ3v) is 12.2. The maximum absolute atomic E-state index is 12.5. The van der Waals surface area contributed by atoms with Gasteiger partial charge in [0.05, 0.1) is 23.7 Å². The minimum absolute atomic E-state index is 0.00199. The van der Waals surface area contributed by atoms with E-state index in [1.54, 1.807) is 25.0 Å². The number of fused-ring (bicyclic) bond motifs is 4. The molecule has 4 rings (SSSR count). The van der Waals surface area contributed by atoms with E-state index in [0.717, 1.165) is 51.4 Å². The lowest BCUT2D eigenvalue weighted by Gasteiger charge is -2.62. The predicted molar refractivity (Wildman–Crippen MR) is 138 cm³/mol. The van der Waals surface area contributed by atoms with E-state index in [0.29, 0.717) is 18.8 Å². The summed E-state index contributed by atoms with van der Waals surface area (Å²) in [6.07, 6.45) is 7.60. The standard InChI is InChI=1S/C30H50O5/c1-26(2)22-10-9-21-20(28(22,5)15-14-23(26)31)13-17-29(6)19(12-16-30(21,29)7)18(25(33)34)8-11-24(32)27(3,4)35/h18-19,22-24,31-32,35H,8-17H2,1-7H3,(H,33,34)/t18-,19-,22-,23+,24+,28+,29-,30+/m0/s1. The highest BCUT2D eigenvalue weighted by Gasteiger charge is 2.64. The summed E-state index contributed by atoms with van der Waals surface area (Å²) in [4.78, 5) is 12.5. The number of hydrogen-bond acceptors (Lipinski definition) is 4. The number of aliphatic hydroxyl groups is 3. The van der Waals surface area contributed by atoms with Crippen LogP contribution in [0.2, 0.25) is 0 Å². The number of rotatable bonds is 6. The second kappa shape index (κ2) is 8.56. The fraction of sp³-hybridized carbons (Fsp3) is 0.900. The summed E-state index contributed by atoms with van der Waals surface area (Å²) in [7, 11) is 0. The van der Waals surface area contributed by atoms with Crippen LogP contribution in [-0.2, 0) is 4.79 Å². The van der Waals surface area contributed by atoms with Crippen molar-refractivity contribution in [2.75, 3.05) is 0 Å². The Morgan fingerprint density at radius 3 is 2.23 bits per heavy atom. The van der Waals surface area contributed by atoms with E-state index in [-0.39, 0.29) is 33.7 Å². The molecule has 200 valence electrons. The Hall–Kier alpha value is -0.910. The Kier molecular flexibility index (Phi) is 6.64. The minimum atomic E-state index is -1.23. The van der Waals surface area contributed by atoms with Crippen molar-refractivity contribution in [3.8, 4) is 0 Å². The van der Waals surface area contributed by atoms with Crippen LogP contribution in [0.5, 0.6) is 0 Å². The Balaban J connectivity index is 1.66. The van der Waals surface area contributed by atoms with Crippen molar-refractivity contribution in [1.82, 2.24) is 0 Å². The number of hydrogen-bond donors (Lipinski definition) is 4. The molecule has 4 aliphatic rings. The fourth-order valence-corrected chi connectivity index (χ4v) is 9.55. The molecule has 0 radical (unpaired) electrons. The summed E-state index contributed by atoms with van der Waals surface area (Å²) in [5, 5.41) is 41.6. The van der Waals surface area contributed by atoms with Crippen LogP contribution in [0.15, 0.2) is 11.1 Å². The second-order valence-corrected chi connectivity index (χ2v) is 14.4. The Bertz CT molecular complexity index is 884. The molecule has 0 unspecified atom stereocenters. The van der Waals surface area contributed by atoms with Crippen LogP contribution in [0.4, 0.5) is 0 Å². The first-order valence-corrected chi connectivity index (χ1v) is 14.0. The Morgan fingerprint density at radius 2 is 1.63 bits per heavy atom. The van der Waals surface area contributed by atoms with Gasteiger partial charge in [0.25, 0.3) is 0 Å². The number of carboxylic acids is 1. The van der Waals surface area contributed by atoms with Crippen molar-refractivity contribution in [2.45, 2.75) is 130 Å². The molecule has 4 N–H and O–H groups in total. The smallest absolute Gasteiger partial charge is 0.306 e. The van der Waals surface area contributed by atoms with Gasteiger partial charge in [-0.25, -0.2) is 0 Å². The van der Waals surface area contributed by atoms with Gasteiger partial charge in [0.15, 0.2) is 0 Å². The number of carbonyl (C=O) groups is 1. The van der Waals surface area contributed by atoms with Crippen molar-refractivity contribution in [1.29, 1.82) is 0 Å². The molecule has 5 heteroatoms. The van der Waals surface area contributed by atoms with Crippen LogP contribution in [-0.4, -0.2) is 44.2 Å². The van der Waals surface area contributed by atoms with Gasteiger partial charge < -0.3 is 20.4 Å². The van der Waals surface area contributed by atoms with Crippen LogP contribution >= 0.6 is 0 Å². The molecule has 2 fully saturated rings. The molecule has 0 bridgehead atoms. The van der Waals surface area contributed by atoms with Gasteiger partial charge in [-0.1, -0.05) is 45.8 Å². The minimum Gasteiger partial charge on any atom is -0.481 e. The summed E-state index contributed by atoms with van der Waals surface area (Å²) in [5.41, 5.74) is 1.99. The van der Waals surface area contributed by atoms with Crippen LogP contribution in [0, 0.1) is 39.4 Å². The molecule has 4 aliphatic carbocycles. The van der Waals surface area contributed by atoms with E-state index < -0.39 is 23.6 Å². The molecular weight excluding hydrogens is 440 g/mol. The van der Waals surface area contributed by atoms with Gasteiger partial charge in [-0.3, -0.25) is 4.79 Å². The summed E-state index contributed by atoms with van der Waals surface area (Å²) < 4.78 is 0. The first kappa shape index (κ1) is 27.1. The van der Waals surface area contributed by atoms with Crippen molar-refractivity contribution < 1.29 is 25.2 Å². The topological polar surface area (TPSA) is 98.0 Å². The van der Waals surface area contributed by atoms with Crippen molar-refractivity contribution >= 4 is 5.97 Å². The number of aliphatic carboxylic acids is 1. The van der Waals surface area contributed by atoms with Crippen molar-refractivity contribution in [2.24, 2.45) is 39.4 Å². The largest absolute Gasteiger partial charge is 0.481 e. The summed E-state index contributed by atoms with van der Waals surface area (Å²) in [6.45, 7) is 14.9. The molecule has 0 aromatic heterocycles. The van der Waals surface area contributed by atoms with Gasteiger partial charge in [0, 0.05) is 0 Å². The molecule has 8 atom stereocenters. The van der Waals surface area contributed by atoms with Gasteiger partial charge in [0.2, 0.25) is 0 Å². The van der Waals surface area contributed by atoms with E-state index in [2.05, 4.69) is 34.6 Å². The van der Waals surface area contributed by atoms with Gasteiger partial charge in [-0.2, -0.15) is 0 Å². The molecule has 2 saturated carbocycles. The highest BCUT2D eigenvalue weighted by atomic mass is 16.4. The SMILES string of the molecule is CC(C)(O)[C@H](O)CC[C@H](C(=O)O)[C@@H]1CC[C@]2(C)C3=C(CC[C@@]12C)[C@@]1(C)CC[C@@H](O)C(C)(C)[C@@H]1CC3. The lowest BCUT2D eigenvalue weighted by Crippen LogP contribution is -2.55. The molecule has 35 heavy (non-hydrogen) atoms. The average molecular weight is 491 g/mol. The molecule has 0 saturated heterocycles. The van der Waals surface area contributed by atoms with Crippen LogP contribution < -0.4 is 0 Å². The molecule has 5 nitrogen and oxygen atoms in total. The third kappa shape index (κ3) is 3.94. The normalized spacial score (nSPS) is 42.6. The number of allylic oxidation sites excluding steroid dienone is 2. The van der Waals surface area contributed by atoms with Gasteiger partial charge in [-0.05, 0) is 112 Å². The highest BCUT2D eigenvalue weighted by Crippen LogP contribution is 2.72. The zero-order valence-corrected chi connectivity index (χ0v) is 23.2. The molecule has 0 amide bonds. The molecular formula is C30H50O5. The Labute approximate surface area is 212 Å². The summed E-state index contributed by atoms with van der Waals surface area (Å²) >= 11 is 0. The van der Waals surface area contributed by atoms with Crippen LogP contribution in [0.1, 0.15) is 113 Å². The van der Waals surface area contributed by atoms with Crippen LogP contribution in [0.3, 0.4) is 0 Å². The maximum Gasteiger partial charge on any atom is 0.306 e. The first-order valence-electron chi connectivity index (χ1n) is 14.0. The van der Waals surface area contributed by atoms with E-state index in [9.17, 15) is 25.2 Å². The van der Waals surface area contributed by atoms with Gasteiger partial charge in [-0.15, -0.1) is 0 Å². The highest BCUT2D eigenvalue weighted by molar-refractivity contribution is 5.70. The number of carboxylic acid groups (broad SMARTS) is 1. The van der Waals surface area contributed by atoms with Crippen molar-refractivity contribution in [3.63, 3.8) is 0 Å². The lowest BCUT2D eigenvalue weighted by atomic mass is 9.43. The molecule has 0 aliphatic heterocycles. The molecule has 0 aromatic carbocycles. The quantitative estimate of drug-likeness (QED) is 0.358. The monoisotopic (exact) mass is 490 g/mol. The summed E-state index contributed by atoms with van der Waals surface area (Å²) in [5.74, 6) is -0.709. The average Bonchev–Trinajstić information content (AvgIpc) is 3.02. The summed E-state index contributed by atoms with van der Waals surface area (Å²) in [6, 6.07) is 0. The third-order valence-electron chi connectivity index (χ3n) is 12.2. The lowest BCUT2D eigenvalue weighted by molar-refractivity contribution is -0.147. The Morgan fingerprint density at radius 1 is 0.971 bits per heavy atom. The zero-order valence-electron chi connectivity index (χ0n) is 23.2. The van der Waals surface area contributed by atoms with E-state index >= 15 is 0 Å². The van der Waals surface area contributed by atoms with E-state index in [4.69, 9.17) is 0 Å². The first-order chi connectivity index (χ1) is 16.0. The van der Waals surface area contributed by atoms with Gasteiger partial charge >= 0.3 is 5.97 Å². The second-order valence-electron chi connectivity index (χ2n) is 14.4. The fourth-order valence-electron chi connectivity index (χ4n) is 9.55. The molecule has 0 heterocycles. The van der Waals surface area contributed by atoms with Crippen molar-refractivity contribution in [3.05, 3.63) is 11.1 Å². The predicted octanol–water partition coefficient (Wildman–Crippen LogP) is 5.71. The van der Waals surface area contributed by atoms with Gasteiger partial charge in [0.1, 0.15) is 0 Å². The molecule has 0 spiro atoms. The van der Waals surface area contributed by atoms with Crippen LogP contribution in [0.25, 0.3) is 0 Å².